The van der Waals surface area contributed by atoms with Gasteiger partial charge >= 0.3 is 0 Å². The molecule has 0 heterocycles. The quantitative estimate of drug-likeness (QED) is 0.531. The molecule has 2 N–H and O–H groups in total. The van der Waals surface area contributed by atoms with E-state index >= 15 is 0 Å². The fourth-order valence-electron chi connectivity index (χ4n) is 2.96. The van der Waals surface area contributed by atoms with Crippen LogP contribution in [0.3, 0.4) is 0 Å². The van der Waals surface area contributed by atoms with E-state index in [1.165, 1.54) is 25.3 Å². The van der Waals surface area contributed by atoms with Gasteiger partial charge in [-0.05, 0) is 53.6 Å². The molecule has 3 aromatic carbocycles. The maximum absolute atomic E-state index is 12.7. The standard InChI is InChI=1S/C23H24N2O5S/c1-29-16-18-6-3-5-17(13-18)15-24-23(26)19-7-4-8-22(14-19)31(27,28)25-20-9-11-21(30-2)12-10-20/h3-14,25H,15-16H2,1-2H3,(H,24,26). The maximum Gasteiger partial charge on any atom is 0.261 e. The molecular formula is C23H24N2O5S. The molecule has 0 spiro atoms. The Hall–Kier alpha value is -3.36. The largest absolute Gasteiger partial charge is 0.497 e. The highest BCUT2D eigenvalue weighted by molar-refractivity contribution is 7.92. The van der Waals surface area contributed by atoms with Crippen molar-refractivity contribution in [1.82, 2.24) is 5.32 Å². The predicted octanol–water partition coefficient (Wildman–Crippen LogP) is 3.57. The van der Waals surface area contributed by atoms with Crippen molar-refractivity contribution in [2.75, 3.05) is 18.9 Å². The van der Waals surface area contributed by atoms with Gasteiger partial charge in [0.2, 0.25) is 0 Å². The van der Waals surface area contributed by atoms with Gasteiger partial charge in [-0.1, -0.05) is 30.3 Å². The van der Waals surface area contributed by atoms with Gasteiger partial charge in [0.25, 0.3) is 15.9 Å². The minimum Gasteiger partial charge on any atom is -0.497 e. The number of hydrogen-bond acceptors (Lipinski definition) is 5. The minimum atomic E-state index is -3.85. The van der Waals surface area contributed by atoms with Crippen molar-refractivity contribution >= 4 is 21.6 Å². The normalized spacial score (nSPS) is 11.0. The SMILES string of the molecule is COCc1cccc(CNC(=O)c2cccc(S(=O)(=O)Nc3ccc(OC)cc3)c2)c1. The molecule has 0 aromatic heterocycles. The Morgan fingerprint density at radius 1 is 0.903 bits per heavy atom. The number of rotatable bonds is 9. The number of nitrogens with one attached hydrogen (secondary N) is 2. The molecule has 0 bridgehead atoms. The summed E-state index contributed by atoms with van der Waals surface area (Å²) in [7, 11) is -0.695. The first-order valence-electron chi connectivity index (χ1n) is 9.53. The molecule has 0 fully saturated rings. The Balaban J connectivity index is 1.69. The third kappa shape index (κ3) is 6.07. The van der Waals surface area contributed by atoms with Crippen molar-refractivity contribution in [2.24, 2.45) is 0 Å². The predicted molar refractivity (Wildman–Crippen MR) is 119 cm³/mol. The van der Waals surface area contributed by atoms with Gasteiger partial charge in [0.05, 0.1) is 18.6 Å². The zero-order chi connectivity index (χ0) is 22.3. The summed E-state index contributed by atoms with van der Waals surface area (Å²) < 4.78 is 38.1. The van der Waals surface area contributed by atoms with Crippen LogP contribution in [-0.2, 0) is 27.9 Å². The summed E-state index contributed by atoms with van der Waals surface area (Å²) in [5.41, 5.74) is 2.58. The van der Waals surface area contributed by atoms with E-state index in [9.17, 15) is 13.2 Å². The Morgan fingerprint density at radius 2 is 1.61 bits per heavy atom. The minimum absolute atomic E-state index is 0.00180. The van der Waals surface area contributed by atoms with Gasteiger partial charge in [-0.25, -0.2) is 8.42 Å². The van der Waals surface area contributed by atoms with Crippen LogP contribution in [0.15, 0.2) is 77.7 Å². The molecule has 3 aromatic rings. The molecule has 162 valence electrons. The van der Waals surface area contributed by atoms with Crippen molar-refractivity contribution in [2.45, 2.75) is 18.0 Å². The lowest BCUT2D eigenvalue weighted by Crippen LogP contribution is -2.23. The molecule has 7 nitrogen and oxygen atoms in total. The fourth-order valence-corrected chi connectivity index (χ4v) is 4.06. The zero-order valence-electron chi connectivity index (χ0n) is 17.3. The Labute approximate surface area is 182 Å². The summed E-state index contributed by atoms with van der Waals surface area (Å²) in [6.45, 7) is 0.806. The molecule has 0 unspecified atom stereocenters. The lowest BCUT2D eigenvalue weighted by molar-refractivity contribution is 0.0950. The van der Waals surface area contributed by atoms with Gasteiger partial charge < -0.3 is 14.8 Å². The number of anilines is 1. The van der Waals surface area contributed by atoms with E-state index in [0.717, 1.165) is 11.1 Å². The average molecular weight is 441 g/mol. The summed E-state index contributed by atoms with van der Waals surface area (Å²) in [4.78, 5) is 12.6. The maximum atomic E-state index is 12.7. The highest BCUT2D eigenvalue weighted by Crippen LogP contribution is 2.20. The monoisotopic (exact) mass is 440 g/mol. The van der Waals surface area contributed by atoms with Crippen LogP contribution < -0.4 is 14.8 Å². The number of carbonyl (C=O) groups is 1. The molecule has 8 heteroatoms. The van der Waals surface area contributed by atoms with Crippen molar-refractivity contribution in [3.8, 4) is 5.75 Å². The first-order valence-corrected chi connectivity index (χ1v) is 11.0. The second kappa shape index (κ2) is 10.1. The Kier molecular flexibility index (Phi) is 7.28. The number of benzene rings is 3. The summed E-state index contributed by atoms with van der Waals surface area (Å²) >= 11 is 0. The zero-order valence-corrected chi connectivity index (χ0v) is 18.1. The van der Waals surface area contributed by atoms with Crippen molar-refractivity contribution < 1.29 is 22.7 Å². The number of hydrogen-bond donors (Lipinski definition) is 2. The molecule has 3 rings (SSSR count). The highest BCUT2D eigenvalue weighted by atomic mass is 32.2. The van der Waals surface area contributed by atoms with Gasteiger partial charge in [-0.2, -0.15) is 0 Å². The molecule has 31 heavy (non-hydrogen) atoms. The van der Waals surface area contributed by atoms with E-state index in [2.05, 4.69) is 10.0 Å². The van der Waals surface area contributed by atoms with Crippen molar-refractivity contribution in [3.63, 3.8) is 0 Å². The van der Waals surface area contributed by atoms with Gasteiger partial charge in [0.1, 0.15) is 5.75 Å². The third-order valence-electron chi connectivity index (χ3n) is 4.50. The molecule has 0 saturated carbocycles. The lowest BCUT2D eigenvalue weighted by Gasteiger charge is -2.11. The molecule has 0 atom stereocenters. The summed E-state index contributed by atoms with van der Waals surface area (Å²) in [5, 5.41) is 2.82. The van der Waals surface area contributed by atoms with Gasteiger partial charge in [-0.3, -0.25) is 9.52 Å². The van der Waals surface area contributed by atoms with Crippen LogP contribution in [0.5, 0.6) is 5.75 Å². The van der Waals surface area contributed by atoms with Crippen LogP contribution in [0.2, 0.25) is 0 Å². The number of ether oxygens (including phenoxy) is 2. The smallest absolute Gasteiger partial charge is 0.261 e. The first kappa shape index (κ1) is 22.3. The van der Waals surface area contributed by atoms with E-state index in [4.69, 9.17) is 9.47 Å². The Morgan fingerprint density at radius 3 is 2.32 bits per heavy atom. The fraction of sp³-hybridized carbons (Fsp3) is 0.174. The van der Waals surface area contributed by atoms with E-state index in [1.54, 1.807) is 37.4 Å². The molecule has 0 aliphatic heterocycles. The molecule has 0 aliphatic carbocycles. The van der Waals surface area contributed by atoms with Crippen LogP contribution in [-0.4, -0.2) is 28.5 Å². The van der Waals surface area contributed by atoms with Crippen LogP contribution in [0.25, 0.3) is 0 Å². The van der Waals surface area contributed by atoms with Crippen LogP contribution in [0.4, 0.5) is 5.69 Å². The Bertz CT molecular complexity index is 1140. The molecular weight excluding hydrogens is 416 g/mol. The van der Waals surface area contributed by atoms with Gasteiger partial charge in [0.15, 0.2) is 0 Å². The van der Waals surface area contributed by atoms with Gasteiger partial charge in [0, 0.05) is 24.9 Å². The summed E-state index contributed by atoms with van der Waals surface area (Å²) in [6.07, 6.45) is 0. The highest BCUT2D eigenvalue weighted by Gasteiger charge is 2.16. The first-order chi connectivity index (χ1) is 14.9. The summed E-state index contributed by atoms with van der Waals surface area (Å²) in [6, 6.07) is 20.1. The molecule has 0 saturated heterocycles. The number of carbonyl (C=O) groups excluding carboxylic acids is 1. The van der Waals surface area contributed by atoms with E-state index in [1.807, 2.05) is 24.3 Å². The van der Waals surface area contributed by atoms with Crippen molar-refractivity contribution in [3.05, 3.63) is 89.5 Å². The summed E-state index contributed by atoms with van der Waals surface area (Å²) in [5.74, 6) is 0.257. The van der Waals surface area contributed by atoms with Crippen molar-refractivity contribution in [1.29, 1.82) is 0 Å². The average Bonchev–Trinajstić information content (AvgIpc) is 2.78. The van der Waals surface area contributed by atoms with E-state index in [-0.39, 0.29) is 16.4 Å². The number of amides is 1. The van der Waals surface area contributed by atoms with Crippen LogP contribution >= 0.6 is 0 Å². The van der Waals surface area contributed by atoms with E-state index in [0.29, 0.717) is 24.6 Å². The van der Waals surface area contributed by atoms with Gasteiger partial charge in [-0.15, -0.1) is 0 Å². The topological polar surface area (TPSA) is 93.7 Å². The lowest BCUT2D eigenvalue weighted by atomic mass is 10.1. The molecule has 1 amide bonds. The molecule has 0 aliphatic rings. The second-order valence-electron chi connectivity index (χ2n) is 6.80. The third-order valence-corrected chi connectivity index (χ3v) is 5.88. The number of sulfonamides is 1. The molecule has 0 radical (unpaired) electrons. The number of methoxy groups -OCH3 is 2. The second-order valence-corrected chi connectivity index (χ2v) is 8.48. The van der Waals surface area contributed by atoms with Crippen LogP contribution in [0, 0.1) is 0 Å². The van der Waals surface area contributed by atoms with E-state index < -0.39 is 10.0 Å². The van der Waals surface area contributed by atoms with Crippen LogP contribution in [0.1, 0.15) is 21.5 Å².